The summed E-state index contributed by atoms with van der Waals surface area (Å²) in [7, 11) is 0. The Morgan fingerprint density at radius 1 is 1.00 bits per heavy atom. The Hall–Kier alpha value is -0.452. The number of hydrogen-bond acceptors (Lipinski definition) is 2. The van der Waals surface area contributed by atoms with Gasteiger partial charge in [-0.1, -0.05) is 6.42 Å². The average Bonchev–Trinajstić information content (AvgIpc) is 1.87. The van der Waals surface area contributed by atoms with Gasteiger partial charge in [-0.2, -0.15) is 13.1 Å². The molecular weight excluding hydrogens is 359 g/mol. The van der Waals surface area contributed by atoms with E-state index in [0.29, 0.717) is 13.1 Å². The van der Waals surface area contributed by atoms with Crippen molar-refractivity contribution in [2.45, 2.75) is 12.8 Å². The van der Waals surface area contributed by atoms with Gasteiger partial charge in [0.25, 0.3) is 0 Å². The Labute approximate surface area is 90.5 Å². The molecule has 0 amide bonds. The van der Waals surface area contributed by atoms with Crippen LogP contribution < -0.4 is 0 Å². The van der Waals surface area contributed by atoms with Crippen LogP contribution in [0.25, 0.3) is 11.5 Å². The zero-order chi connectivity index (χ0) is 9.98. The Kier molecular flexibility index (Phi) is 19.9. The van der Waals surface area contributed by atoms with Gasteiger partial charge in [-0.15, -0.1) is 0 Å². The first-order chi connectivity index (χ1) is 5.54. The molecule has 0 bridgehead atoms. The van der Waals surface area contributed by atoms with E-state index in [-0.39, 0.29) is 21.1 Å². The van der Waals surface area contributed by atoms with Crippen molar-refractivity contribution in [3.05, 3.63) is 11.5 Å². The zero-order valence-electron chi connectivity index (χ0n) is 6.86. The van der Waals surface area contributed by atoms with Gasteiger partial charge in [0.2, 0.25) is 0 Å². The minimum Gasteiger partial charge on any atom is -0.677 e. The molecule has 0 radical (unpaired) electrons. The fourth-order valence-electron chi connectivity index (χ4n) is 0.218. The first-order valence-electron chi connectivity index (χ1n) is 3.27. The van der Waals surface area contributed by atoms with Crippen LogP contribution in [0.2, 0.25) is 0 Å². The van der Waals surface area contributed by atoms with Crippen molar-refractivity contribution in [1.82, 2.24) is 0 Å². The molecule has 0 aromatic heterocycles. The molecule has 0 fully saturated rings. The summed E-state index contributed by atoms with van der Waals surface area (Å²) in [5.41, 5.74) is 13.0. The monoisotopic (exact) mass is 371 g/mol. The van der Waals surface area contributed by atoms with Crippen molar-refractivity contribution in [1.29, 1.82) is 0 Å². The molecule has 0 aromatic rings. The van der Waals surface area contributed by atoms with E-state index >= 15 is 0 Å². The number of hydrogen-bond donors (Lipinski definition) is 2. The normalized spacial score (nSPS) is 7.54. The molecule has 0 rings (SSSR count). The molecular formula is C6H12N2O4Pt. The van der Waals surface area contributed by atoms with Crippen LogP contribution >= 0.6 is 0 Å². The number of carboxylic acids is 2. The van der Waals surface area contributed by atoms with Gasteiger partial charge >= 0.3 is 33.0 Å². The molecule has 0 unspecified atom stereocenters. The second-order valence-electron chi connectivity index (χ2n) is 1.82. The molecule has 0 aromatic carbocycles. The maximum atomic E-state index is 9.43. The van der Waals surface area contributed by atoms with Crippen LogP contribution in [0.15, 0.2) is 0 Å². The van der Waals surface area contributed by atoms with Crippen LogP contribution in [0.1, 0.15) is 12.8 Å². The predicted octanol–water partition coefficient (Wildman–Crippen LogP) is 1.02. The summed E-state index contributed by atoms with van der Waals surface area (Å²) in [5, 5.41) is 15.4. The molecule has 0 atom stereocenters. The predicted molar refractivity (Wildman–Crippen MR) is 42.9 cm³/mol. The number of rotatable bonds is 4. The van der Waals surface area contributed by atoms with E-state index in [9.17, 15) is 9.59 Å². The van der Waals surface area contributed by atoms with E-state index in [1.807, 2.05) is 0 Å². The smallest absolute Gasteiger partial charge is 0.677 e. The standard InChI is InChI=1S/C3H8N2.C3H4O4.Pt/c4-2-1-3-5;4-2(5)1-3(6)7;/h4-5H,1-3H2;1H2,(H,4,5)(H,6,7);/q-2;;+2. The van der Waals surface area contributed by atoms with Crippen LogP contribution in [-0.2, 0) is 30.7 Å². The molecule has 0 aliphatic rings. The molecule has 7 heteroatoms. The van der Waals surface area contributed by atoms with Crippen LogP contribution in [-0.4, -0.2) is 35.2 Å². The number of carbonyl (C=O) groups is 2. The van der Waals surface area contributed by atoms with Gasteiger partial charge in [-0.25, -0.2) is 0 Å². The summed E-state index contributed by atoms with van der Waals surface area (Å²) < 4.78 is 0. The quantitative estimate of drug-likeness (QED) is 0.717. The molecule has 0 aliphatic heterocycles. The van der Waals surface area contributed by atoms with E-state index in [1.54, 1.807) is 0 Å². The van der Waals surface area contributed by atoms with Crippen molar-refractivity contribution < 1.29 is 40.9 Å². The van der Waals surface area contributed by atoms with E-state index < -0.39 is 18.4 Å². The molecule has 13 heavy (non-hydrogen) atoms. The fourth-order valence-corrected chi connectivity index (χ4v) is 0.218. The molecule has 0 aliphatic carbocycles. The van der Waals surface area contributed by atoms with Crippen molar-refractivity contribution in [2.24, 2.45) is 0 Å². The minimum absolute atomic E-state index is 0. The maximum Gasteiger partial charge on any atom is 2.00 e. The second-order valence-corrected chi connectivity index (χ2v) is 1.82. The molecule has 0 saturated carbocycles. The topological polar surface area (TPSA) is 122 Å². The Balaban J connectivity index is -0.000000150. The van der Waals surface area contributed by atoms with E-state index in [0.717, 1.165) is 6.42 Å². The first-order valence-corrected chi connectivity index (χ1v) is 3.27. The number of carboxylic acid groups (broad SMARTS) is 2. The number of nitrogens with one attached hydrogen (secondary N) is 2. The van der Waals surface area contributed by atoms with Crippen LogP contribution in [0.4, 0.5) is 0 Å². The first kappa shape index (κ1) is 18.4. The number of aliphatic carboxylic acids is 2. The van der Waals surface area contributed by atoms with Crippen molar-refractivity contribution in [3.8, 4) is 0 Å². The molecule has 0 saturated heterocycles. The minimum atomic E-state index is -1.31. The molecule has 4 N–H and O–H groups in total. The van der Waals surface area contributed by atoms with Crippen molar-refractivity contribution in [2.75, 3.05) is 13.1 Å². The summed E-state index contributed by atoms with van der Waals surface area (Å²) in [4.78, 5) is 18.9. The SMILES string of the molecule is O=C(O)CC(=O)O.[NH-]CCC[NH-].[Pt+2]. The van der Waals surface area contributed by atoms with Gasteiger partial charge < -0.3 is 21.7 Å². The molecule has 0 heterocycles. The van der Waals surface area contributed by atoms with Gasteiger partial charge in [-0.05, 0) is 0 Å². The maximum absolute atomic E-state index is 9.43. The summed E-state index contributed by atoms with van der Waals surface area (Å²) >= 11 is 0. The summed E-state index contributed by atoms with van der Waals surface area (Å²) in [6.45, 7) is 0.812. The Morgan fingerprint density at radius 3 is 1.31 bits per heavy atom. The zero-order valence-corrected chi connectivity index (χ0v) is 9.13. The van der Waals surface area contributed by atoms with Gasteiger partial charge in [-0.3, -0.25) is 9.59 Å². The third-order valence-electron chi connectivity index (χ3n) is 0.656. The van der Waals surface area contributed by atoms with Crippen LogP contribution in [0.5, 0.6) is 0 Å². The van der Waals surface area contributed by atoms with E-state index in [2.05, 4.69) is 0 Å². The molecule has 80 valence electrons. The van der Waals surface area contributed by atoms with Crippen LogP contribution in [0, 0.1) is 0 Å². The average molecular weight is 371 g/mol. The Bertz CT molecular complexity index is 129. The molecule has 0 spiro atoms. The van der Waals surface area contributed by atoms with Crippen molar-refractivity contribution >= 4 is 11.9 Å². The fraction of sp³-hybridized carbons (Fsp3) is 0.667. The van der Waals surface area contributed by atoms with E-state index in [1.165, 1.54) is 0 Å². The summed E-state index contributed by atoms with van der Waals surface area (Å²) in [5.74, 6) is -2.62. The largest absolute Gasteiger partial charge is 2.00 e. The third kappa shape index (κ3) is 34.2. The summed E-state index contributed by atoms with van der Waals surface area (Å²) in [6, 6.07) is 0. The van der Waals surface area contributed by atoms with Gasteiger partial charge in [0, 0.05) is 0 Å². The van der Waals surface area contributed by atoms with E-state index in [4.69, 9.17) is 21.7 Å². The summed E-state index contributed by atoms with van der Waals surface area (Å²) in [6.07, 6.45) is -0.0833. The van der Waals surface area contributed by atoms with Gasteiger partial charge in [0.15, 0.2) is 0 Å². The van der Waals surface area contributed by atoms with Gasteiger partial charge in [0.05, 0.1) is 0 Å². The molecule has 6 nitrogen and oxygen atoms in total. The third-order valence-corrected chi connectivity index (χ3v) is 0.656. The van der Waals surface area contributed by atoms with Gasteiger partial charge in [0.1, 0.15) is 6.42 Å². The van der Waals surface area contributed by atoms with Crippen molar-refractivity contribution in [3.63, 3.8) is 0 Å². The van der Waals surface area contributed by atoms with Crippen LogP contribution in [0.3, 0.4) is 0 Å². The Morgan fingerprint density at radius 2 is 1.31 bits per heavy atom. The second kappa shape index (κ2) is 14.1.